The number of carbonyl (C=O) groups excluding carboxylic acids is 1. The van der Waals surface area contributed by atoms with Crippen LogP contribution in [0.4, 0.5) is 10.5 Å². The van der Waals surface area contributed by atoms with Crippen molar-refractivity contribution in [2.75, 3.05) is 18.4 Å². The van der Waals surface area contributed by atoms with Crippen LogP contribution in [0, 0.1) is 0 Å². The predicted molar refractivity (Wildman–Crippen MR) is 137 cm³/mol. The number of hydrogen-bond acceptors (Lipinski definition) is 4. The molecule has 0 aliphatic rings. The summed E-state index contributed by atoms with van der Waals surface area (Å²) >= 11 is 1.77. The van der Waals surface area contributed by atoms with Crippen molar-refractivity contribution in [2.24, 2.45) is 4.99 Å². The molecule has 0 aliphatic heterocycles. The topological polar surface area (TPSA) is 90.4 Å². The van der Waals surface area contributed by atoms with E-state index in [1.165, 1.54) is 4.88 Å². The number of nitrogens with zero attached hydrogens (tertiary/aromatic N) is 2. The lowest BCUT2D eigenvalue weighted by molar-refractivity contribution is 0.250. The average Bonchev–Trinajstić information content (AvgIpc) is 3.14. The summed E-state index contributed by atoms with van der Waals surface area (Å²) in [5.74, 6) is 0.790. The molecule has 0 unspecified atom stereocenters. The largest absolute Gasteiger partial charge is 0.357 e. The summed E-state index contributed by atoms with van der Waals surface area (Å²) in [5.41, 5.74) is 1.83. The number of aryl methyl sites for hydroxylation is 1. The molecule has 0 aliphatic carbocycles. The highest BCUT2D eigenvalue weighted by Gasteiger charge is 2.04. The number of carbonyl (C=O) groups is 1. The summed E-state index contributed by atoms with van der Waals surface area (Å²) in [6, 6.07) is 7.62. The van der Waals surface area contributed by atoms with E-state index in [1.807, 2.05) is 51.2 Å². The maximum absolute atomic E-state index is 11.8. The van der Waals surface area contributed by atoms with Gasteiger partial charge >= 0.3 is 6.03 Å². The average molecular weight is 545 g/mol. The van der Waals surface area contributed by atoms with Gasteiger partial charge in [-0.3, -0.25) is 0 Å². The van der Waals surface area contributed by atoms with E-state index in [-0.39, 0.29) is 36.0 Å². The van der Waals surface area contributed by atoms with Crippen LogP contribution in [-0.4, -0.2) is 36.1 Å². The number of thiazole rings is 1. The first-order valence-electron chi connectivity index (χ1n) is 10.1. The van der Waals surface area contributed by atoms with Crippen LogP contribution in [-0.2, 0) is 19.4 Å². The van der Waals surface area contributed by atoms with Gasteiger partial charge in [-0.25, -0.2) is 14.8 Å². The molecule has 0 saturated heterocycles. The van der Waals surface area contributed by atoms with Crippen LogP contribution >= 0.6 is 35.3 Å². The Morgan fingerprint density at radius 1 is 1.17 bits per heavy atom. The Balaban J connectivity index is 0.00000450. The molecule has 7 nitrogen and oxygen atoms in total. The van der Waals surface area contributed by atoms with Gasteiger partial charge in [0.25, 0.3) is 0 Å². The summed E-state index contributed by atoms with van der Waals surface area (Å²) in [7, 11) is 0. The van der Waals surface area contributed by atoms with Gasteiger partial charge < -0.3 is 21.3 Å². The van der Waals surface area contributed by atoms with E-state index < -0.39 is 0 Å². The molecular formula is C21H33IN6OS. The number of halogens is 1. The van der Waals surface area contributed by atoms with Gasteiger partial charge in [0.2, 0.25) is 0 Å². The molecule has 1 heterocycles. The fourth-order valence-electron chi connectivity index (χ4n) is 2.55. The SMILES string of the molecule is CCNC(=NCc1ccc(NC(=O)NC(C)C)cc1)NCCc1ncc(CC)s1.I. The first kappa shape index (κ1) is 26.2. The molecule has 4 N–H and O–H groups in total. The van der Waals surface area contributed by atoms with Crippen LogP contribution in [0.25, 0.3) is 0 Å². The normalized spacial score (nSPS) is 11.0. The number of aliphatic imine (C=N–C) groups is 1. The van der Waals surface area contributed by atoms with E-state index in [0.29, 0.717) is 6.54 Å². The third-order valence-corrected chi connectivity index (χ3v) is 5.18. The van der Waals surface area contributed by atoms with E-state index in [1.54, 1.807) is 11.3 Å². The minimum atomic E-state index is -0.198. The first-order valence-corrected chi connectivity index (χ1v) is 10.9. The molecule has 2 aromatic rings. The molecule has 1 aromatic carbocycles. The van der Waals surface area contributed by atoms with Gasteiger partial charge in [0.15, 0.2) is 5.96 Å². The Bertz CT molecular complexity index is 791. The number of amides is 2. The molecule has 2 rings (SSSR count). The minimum absolute atomic E-state index is 0. The molecule has 0 atom stereocenters. The highest BCUT2D eigenvalue weighted by Crippen LogP contribution is 2.13. The van der Waals surface area contributed by atoms with Crippen molar-refractivity contribution in [1.29, 1.82) is 0 Å². The number of aromatic nitrogens is 1. The van der Waals surface area contributed by atoms with Crippen molar-refractivity contribution in [2.45, 2.75) is 53.1 Å². The molecule has 0 spiro atoms. The Kier molecular flexibility index (Phi) is 12.4. The number of hydrogen-bond donors (Lipinski definition) is 4. The minimum Gasteiger partial charge on any atom is -0.357 e. The highest BCUT2D eigenvalue weighted by atomic mass is 127. The first-order chi connectivity index (χ1) is 14.0. The molecule has 1 aromatic heterocycles. The maximum atomic E-state index is 11.8. The van der Waals surface area contributed by atoms with Crippen molar-refractivity contribution in [1.82, 2.24) is 20.9 Å². The van der Waals surface area contributed by atoms with Crippen molar-refractivity contribution in [3.63, 3.8) is 0 Å². The van der Waals surface area contributed by atoms with Gasteiger partial charge in [-0.1, -0.05) is 19.1 Å². The second kappa shape index (κ2) is 14.2. The van der Waals surface area contributed by atoms with Gasteiger partial charge in [0, 0.05) is 42.3 Å². The molecule has 0 radical (unpaired) electrons. The zero-order valence-corrected chi connectivity index (χ0v) is 21.3. The summed E-state index contributed by atoms with van der Waals surface area (Å²) < 4.78 is 0. The summed E-state index contributed by atoms with van der Waals surface area (Å²) in [6.07, 6.45) is 3.88. The molecule has 9 heteroatoms. The monoisotopic (exact) mass is 544 g/mol. The van der Waals surface area contributed by atoms with Crippen molar-refractivity contribution in [3.05, 3.63) is 45.9 Å². The van der Waals surface area contributed by atoms with Crippen LogP contribution in [0.15, 0.2) is 35.5 Å². The summed E-state index contributed by atoms with van der Waals surface area (Å²) in [4.78, 5) is 22.2. The molecular weight excluding hydrogens is 511 g/mol. The Morgan fingerprint density at radius 2 is 1.90 bits per heavy atom. The molecule has 0 bridgehead atoms. The second-order valence-corrected chi connectivity index (χ2v) is 8.10. The van der Waals surface area contributed by atoms with E-state index in [9.17, 15) is 4.79 Å². The van der Waals surface area contributed by atoms with Crippen LogP contribution < -0.4 is 21.3 Å². The third-order valence-electron chi connectivity index (χ3n) is 3.98. The predicted octanol–water partition coefficient (Wildman–Crippen LogP) is 4.15. The second-order valence-electron chi connectivity index (χ2n) is 6.90. The zero-order valence-electron chi connectivity index (χ0n) is 18.1. The van der Waals surface area contributed by atoms with Gasteiger partial charge in [0.1, 0.15) is 0 Å². The lowest BCUT2D eigenvalue weighted by Gasteiger charge is -2.11. The Hall–Kier alpha value is -1.88. The van der Waals surface area contributed by atoms with Crippen molar-refractivity contribution >= 4 is 53.0 Å². The molecule has 166 valence electrons. The third kappa shape index (κ3) is 9.75. The number of rotatable bonds is 9. The van der Waals surface area contributed by atoms with Crippen LogP contribution in [0.1, 0.15) is 43.1 Å². The molecule has 0 saturated carbocycles. The quantitative estimate of drug-likeness (QED) is 0.217. The number of anilines is 1. The lowest BCUT2D eigenvalue weighted by Crippen LogP contribution is -2.38. The van der Waals surface area contributed by atoms with Gasteiger partial charge in [0.05, 0.1) is 11.6 Å². The number of benzene rings is 1. The van der Waals surface area contributed by atoms with E-state index in [4.69, 9.17) is 0 Å². The van der Waals surface area contributed by atoms with Gasteiger partial charge in [-0.2, -0.15) is 0 Å². The standard InChI is InChI=1S/C21H32N6OS.HI/c1-5-18-14-24-19(29-18)11-12-23-20(22-6-2)25-13-16-7-9-17(10-8-16)27-21(28)26-15(3)4;/h7-10,14-15H,5-6,11-13H2,1-4H3,(H2,22,23,25)(H2,26,27,28);1H. The number of urea groups is 1. The zero-order chi connectivity index (χ0) is 21.1. The van der Waals surface area contributed by atoms with E-state index in [2.05, 4.69) is 38.2 Å². The molecule has 30 heavy (non-hydrogen) atoms. The van der Waals surface area contributed by atoms with Crippen molar-refractivity contribution in [3.8, 4) is 0 Å². The van der Waals surface area contributed by atoms with Crippen LogP contribution in [0.2, 0.25) is 0 Å². The Labute approximate surface area is 200 Å². The summed E-state index contributed by atoms with van der Waals surface area (Å²) in [6.45, 7) is 10.2. The van der Waals surface area contributed by atoms with Gasteiger partial charge in [-0.05, 0) is 44.9 Å². The smallest absolute Gasteiger partial charge is 0.319 e. The fraction of sp³-hybridized carbons (Fsp3) is 0.476. The highest BCUT2D eigenvalue weighted by molar-refractivity contribution is 14.0. The summed E-state index contributed by atoms with van der Waals surface area (Å²) in [5, 5.41) is 13.4. The lowest BCUT2D eigenvalue weighted by atomic mass is 10.2. The van der Waals surface area contributed by atoms with Gasteiger partial charge in [-0.15, -0.1) is 35.3 Å². The molecule has 0 fully saturated rings. The Morgan fingerprint density at radius 3 is 2.50 bits per heavy atom. The van der Waals surface area contributed by atoms with E-state index >= 15 is 0 Å². The number of nitrogens with one attached hydrogen (secondary N) is 4. The van der Waals surface area contributed by atoms with Crippen LogP contribution in [0.3, 0.4) is 0 Å². The fourth-order valence-corrected chi connectivity index (χ4v) is 3.41. The molecule has 2 amide bonds. The number of guanidine groups is 1. The maximum Gasteiger partial charge on any atom is 0.319 e. The van der Waals surface area contributed by atoms with Crippen molar-refractivity contribution < 1.29 is 4.79 Å². The van der Waals surface area contributed by atoms with E-state index in [0.717, 1.165) is 48.1 Å². The van der Waals surface area contributed by atoms with Crippen LogP contribution in [0.5, 0.6) is 0 Å².